The van der Waals surface area contributed by atoms with Crippen molar-refractivity contribution in [3.05, 3.63) is 33.8 Å². The third-order valence-electron chi connectivity index (χ3n) is 4.79. The highest BCUT2D eigenvalue weighted by Gasteiger charge is 2.32. The van der Waals surface area contributed by atoms with Crippen LogP contribution in [0, 0.1) is 5.92 Å². The molecular weight excluding hydrogens is 375 g/mol. The van der Waals surface area contributed by atoms with Crippen LogP contribution in [0.25, 0.3) is 0 Å². The van der Waals surface area contributed by atoms with E-state index in [-0.39, 0.29) is 29.9 Å². The number of ether oxygens (including phenoxy) is 1. The number of rotatable bonds is 6. The Hall–Kier alpha value is -1.30. The van der Waals surface area contributed by atoms with Crippen molar-refractivity contribution in [1.29, 1.82) is 0 Å². The predicted molar refractivity (Wildman–Crippen MR) is 103 cm³/mol. The Morgan fingerprint density at radius 3 is 2.73 bits per heavy atom. The summed E-state index contributed by atoms with van der Waals surface area (Å²) in [5.74, 6) is -0.429. The molecule has 0 aromatic heterocycles. The van der Waals surface area contributed by atoms with Gasteiger partial charge in [-0.25, -0.2) is 0 Å². The second-order valence-electron chi connectivity index (χ2n) is 6.66. The van der Waals surface area contributed by atoms with Gasteiger partial charge in [-0.15, -0.1) is 0 Å². The molecule has 1 aromatic rings. The summed E-state index contributed by atoms with van der Waals surface area (Å²) >= 11 is 12.1. The van der Waals surface area contributed by atoms with Gasteiger partial charge in [-0.05, 0) is 57.9 Å². The topological polar surface area (TPSA) is 58.6 Å². The highest BCUT2D eigenvalue weighted by Crippen LogP contribution is 2.26. The molecule has 7 heteroatoms. The summed E-state index contributed by atoms with van der Waals surface area (Å²) in [4.78, 5) is 26.7. The van der Waals surface area contributed by atoms with Gasteiger partial charge in [-0.3, -0.25) is 14.5 Å². The van der Waals surface area contributed by atoms with Crippen LogP contribution in [-0.2, 0) is 14.3 Å². The van der Waals surface area contributed by atoms with Gasteiger partial charge in [0.1, 0.15) is 0 Å². The van der Waals surface area contributed by atoms with Gasteiger partial charge in [0, 0.05) is 16.6 Å². The standard InChI is InChI=1S/C19H26Cl2N2O3/c1-4-26-19(25)14-6-5-9-23(11-14)13(3)18(24)22-12(2)16-8-7-15(20)10-17(16)21/h7-8,10,12-14H,4-6,9,11H2,1-3H3,(H,22,24). The molecule has 1 aliphatic heterocycles. The van der Waals surface area contributed by atoms with Crippen molar-refractivity contribution in [1.82, 2.24) is 10.2 Å². The van der Waals surface area contributed by atoms with Gasteiger partial charge in [0.05, 0.1) is 24.6 Å². The van der Waals surface area contributed by atoms with Gasteiger partial charge < -0.3 is 10.1 Å². The lowest BCUT2D eigenvalue weighted by atomic mass is 9.96. The summed E-state index contributed by atoms with van der Waals surface area (Å²) in [6.45, 7) is 7.27. The van der Waals surface area contributed by atoms with Crippen LogP contribution >= 0.6 is 23.2 Å². The third-order valence-corrected chi connectivity index (χ3v) is 5.35. The Balaban J connectivity index is 1.96. The molecule has 5 nitrogen and oxygen atoms in total. The lowest BCUT2D eigenvalue weighted by Crippen LogP contribution is -2.50. The molecule has 2 rings (SSSR count). The highest BCUT2D eigenvalue weighted by molar-refractivity contribution is 6.35. The van der Waals surface area contributed by atoms with Crippen molar-refractivity contribution >= 4 is 35.1 Å². The average Bonchev–Trinajstić information content (AvgIpc) is 2.61. The molecule has 0 radical (unpaired) electrons. The quantitative estimate of drug-likeness (QED) is 0.736. The van der Waals surface area contributed by atoms with E-state index in [0.29, 0.717) is 23.2 Å². The Kier molecular flexibility index (Phi) is 7.74. The number of likely N-dealkylation sites (tertiary alicyclic amines) is 1. The molecule has 3 atom stereocenters. The summed E-state index contributed by atoms with van der Waals surface area (Å²) in [5, 5.41) is 4.08. The number of benzene rings is 1. The van der Waals surface area contributed by atoms with Crippen LogP contribution in [0.3, 0.4) is 0 Å². The fraction of sp³-hybridized carbons (Fsp3) is 0.579. The number of amides is 1. The molecule has 1 aromatic carbocycles. The summed E-state index contributed by atoms with van der Waals surface area (Å²) < 4.78 is 5.12. The number of esters is 1. The first-order valence-corrected chi connectivity index (χ1v) is 9.75. The lowest BCUT2D eigenvalue weighted by molar-refractivity contribution is -0.151. The molecule has 26 heavy (non-hydrogen) atoms. The molecule has 0 spiro atoms. The van der Waals surface area contributed by atoms with Crippen LogP contribution in [-0.4, -0.2) is 42.5 Å². The molecule has 3 unspecified atom stereocenters. The van der Waals surface area contributed by atoms with Crippen molar-refractivity contribution < 1.29 is 14.3 Å². The first-order chi connectivity index (χ1) is 12.3. The Bertz CT molecular complexity index is 654. The van der Waals surface area contributed by atoms with E-state index < -0.39 is 0 Å². The second-order valence-corrected chi connectivity index (χ2v) is 7.50. The van der Waals surface area contributed by atoms with E-state index in [9.17, 15) is 9.59 Å². The van der Waals surface area contributed by atoms with E-state index >= 15 is 0 Å². The zero-order chi connectivity index (χ0) is 19.3. The number of carbonyl (C=O) groups excluding carboxylic acids is 2. The SMILES string of the molecule is CCOC(=O)C1CCCN(C(C)C(=O)NC(C)c2ccc(Cl)cc2Cl)C1. The van der Waals surface area contributed by atoms with Crippen LogP contribution in [0.5, 0.6) is 0 Å². The zero-order valence-corrected chi connectivity index (χ0v) is 16.9. The Morgan fingerprint density at radius 2 is 2.08 bits per heavy atom. The second kappa shape index (κ2) is 9.58. The highest BCUT2D eigenvalue weighted by atomic mass is 35.5. The van der Waals surface area contributed by atoms with Crippen molar-refractivity contribution in [3.8, 4) is 0 Å². The van der Waals surface area contributed by atoms with Gasteiger partial charge in [0.15, 0.2) is 0 Å². The number of piperidine rings is 1. The van der Waals surface area contributed by atoms with Crippen molar-refractivity contribution in [3.63, 3.8) is 0 Å². The van der Waals surface area contributed by atoms with E-state index in [2.05, 4.69) is 5.32 Å². The average molecular weight is 401 g/mol. The smallest absolute Gasteiger partial charge is 0.310 e. The zero-order valence-electron chi connectivity index (χ0n) is 15.4. The summed E-state index contributed by atoms with van der Waals surface area (Å²) in [5.41, 5.74) is 0.819. The number of hydrogen-bond acceptors (Lipinski definition) is 4. The molecular formula is C19H26Cl2N2O3. The molecule has 1 amide bonds. The summed E-state index contributed by atoms with van der Waals surface area (Å²) in [6.07, 6.45) is 1.68. The van der Waals surface area contributed by atoms with E-state index in [1.54, 1.807) is 19.1 Å². The van der Waals surface area contributed by atoms with Gasteiger partial charge >= 0.3 is 5.97 Å². The maximum absolute atomic E-state index is 12.7. The summed E-state index contributed by atoms with van der Waals surface area (Å²) in [6, 6.07) is 4.67. The maximum Gasteiger partial charge on any atom is 0.310 e. The Labute approximate surface area is 165 Å². The van der Waals surface area contributed by atoms with Gasteiger partial charge in [0.2, 0.25) is 5.91 Å². The maximum atomic E-state index is 12.7. The number of nitrogens with zero attached hydrogens (tertiary/aromatic N) is 1. The van der Waals surface area contributed by atoms with Crippen LogP contribution < -0.4 is 5.32 Å². The fourth-order valence-electron chi connectivity index (χ4n) is 3.24. The van der Waals surface area contributed by atoms with Crippen molar-refractivity contribution in [2.75, 3.05) is 19.7 Å². The van der Waals surface area contributed by atoms with Crippen LogP contribution in [0.15, 0.2) is 18.2 Å². The minimum absolute atomic E-state index is 0.0898. The molecule has 1 heterocycles. The van der Waals surface area contributed by atoms with E-state index in [0.717, 1.165) is 24.9 Å². The number of nitrogens with one attached hydrogen (secondary N) is 1. The minimum Gasteiger partial charge on any atom is -0.466 e. The summed E-state index contributed by atoms with van der Waals surface area (Å²) in [7, 11) is 0. The molecule has 144 valence electrons. The first kappa shape index (κ1) is 21.0. The molecule has 0 aliphatic carbocycles. The monoisotopic (exact) mass is 400 g/mol. The minimum atomic E-state index is -0.333. The number of carbonyl (C=O) groups is 2. The Morgan fingerprint density at radius 1 is 1.35 bits per heavy atom. The van der Waals surface area contributed by atoms with E-state index in [1.807, 2.05) is 24.8 Å². The molecule has 0 saturated carbocycles. The molecule has 0 bridgehead atoms. The molecule has 1 saturated heterocycles. The predicted octanol–water partition coefficient (Wildman–Crippen LogP) is 3.83. The normalized spacial score (nSPS) is 20.3. The number of halogens is 2. The van der Waals surface area contributed by atoms with Crippen molar-refractivity contribution in [2.45, 2.75) is 45.7 Å². The van der Waals surface area contributed by atoms with Crippen LogP contribution in [0.4, 0.5) is 0 Å². The van der Waals surface area contributed by atoms with Gasteiger partial charge in [-0.2, -0.15) is 0 Å². The largest absolute Gasteiger partial charge is 0.466 e. The molecule has 1 aliphatic rings. The van der Waals surface area contributed by atoms with Gasteiger partial charge in [-0.1, -0.05) is 29.3 Å². The fourth-order valence-corrected chi connectivity index (χ4v) is 3.81. The van der Waals surface area contributed by atoms with Crippen LogP contribution in [0.1, 0.15) is 45.2 Å². The molecule has 1 fully saturated rings. The lowest BCUT2D eigenvalue weighted by Gasteiger charge is -2.35. The van der Waals surface area contributed by atoms with Crippen molar-refractivity contribution in [2.24, 2.45) is 5.92 Å². The van der Waals surface area contributed by atoms with E-state index in [4.69, 9.17) is 27.9 Å². The molecule has 1 N–H and O–H groups in total. The number of hydrogen-bond donors (Lipinski definition) is 1. The third kappa shape index (κ3) is 5.35. The van der Waals surface area contributed by atoms with E-state index in [1.165, 1.54) is 0 Å². The first-order valence-electron chi connectivity index (χ1n) is 8.99. The van der Waals surface area contributed by atoms with Gasteiger partial charge in [0.25, 0.3) is 0 Å². The van der Waals surface area contributed by atoms with Crippen LogP contribution in [0.2, 0.25) is 10.0 Å².